The van der Waals surface area contributed by atoms with Crippen LogP contribution in [0.5, 0.6) is 0 Å². The Labute approximate surface area is 205 Å². The number of piperidine rings is 1. The van der Waals surface area contributed by atoms with Crippen molar-refractivity contribution in [2.75, 3.05) is 0 Å². The Morgan fingerprint density at radius 2 is 1.75 bits per heavy atom. The van der Waals surface area contributed by atoms with Crippen LogP contribution in [0.1, 0.15) is 47.2 Å². The van der Waals surface area contributed by atoms with Crippen LogP contribution in [0.2, 0.25) is 0 Å². The van der Waals surface area contributed by atoms with E-state index in [-0.39, 0.29) is 16.9 Å². The number of fused-ring (bicyclic) bond motifs is 4. The van der Waals surface area contributed by atoms with Gasteiger partial charge in [-0.1, -0.05) is 12.1 Å². The molecule has 11 heteroatoms. The van der Waals surface area contributed by atoms with Crippen molar-refractivity contribution < 1.29 is 21.6 Å². The lowest BCUT2D eigenvalue weighted by atomic mass is 9.76. The van der Waals surface area contributed by atoms with E-state index >= 15 is 0 Å². The zero-order valence-corrected chi connectivity index (χ0v) is 19.7. The van der Waals surface area contributed by atoms with E-state index in [1.165, 1.54) is 4.31 Å². The highest BCUT2D eigenvalue weighted by Gasteiger charge is 2.48. The van der Waals surface area contributed by atoms with Gasteiger partial charge in [0.25, 0.3) is 0 Å². The van der Waals surface area contributed by atoms with E-state index in [1.54, 1.807) is 18.7 Å². The summed E-state index contributed by atoms with van der Waals surface area (Å²) < 4.78 is 69.9. The SMILES string of the molecule is O=S(=O)(c1ccc(C(F)(F)F)cc1)N1C2Cc3[nH]ncc3C1CC(c1ccc(-n3ccnc3)cc1)C2. The molecule has 4 aromatic rings. The fourth-order valence-corrected chi connectivity index (χ4v) is 7.32. The van der Waals surface area contributed by atoms with E-state index in [0.717, 1.165) is 46.8 Å². The van der Waals surface area contributed by atoms with Gasteiger partial charge in [0.15, 0.2) is 0 Å². The highest BCUT2D eigenvalue weighted by atomic mass is 32.2. The summed E-state index contributed by atoms with van der Waals surface area (Å²) in [5, 5.41) is 7.14. The minimum absolute atomic E-state index is 0.124. The maximum absolute atomic E-state index is 13.7. The predicted octanol–water partition coefficient (Wildman–Crippen LogP) is 4.85. The number of imidazole rings is 1. The molecule has 1 N–H and O–H groups in total. The van der Waals surface area contributed by atoms with Crippen molar-refractivity contribution in [3.05, 3.63) is 95.8 Å². The van der Waals surface area contributed by atoms with E-state index in [2.05, 4.69) is 27.3 Å². The van der Waals surface area contributed by atoms with E-state index in [1.807, 2.05) is 22.9 Å². The van der Waals surface area contributed by atoms with Crippen LogP contribution < -0.4 is 0 Å². The molecule has 0 radical (unpaired) electrons. The molecule has 0 amide bonds. The second-order valence-electron chi connectivity index (χ2n) is 9.26. The average molecular weight is 514 g/mol. The minimum Gasteiger partial charge on any atom is -0.306 e. The molecule has 36 heavy (non-hydrogen) atoms. The van der Waals surface area contributed by atoms with Gasteiger partial charge in [-0.3, -0.25) is 5.10 Å². The van der Waals surface area contributed by atoms with E-state index in [4.69, 9.17) is 0 Å². The number of hydrogen-bond acceptors (Lipinski definition) is 4. The molecule has 0 saturated carbocycles. The molecule has 3 atom stereocenters. The summed E-state index contributed by atoms with van der Waals surface area (Å²) in [5.41, 5.74) is 2.96. The molecule has 0 aliphatic carbocycles. The van der Waals surface area contributed by atoms with Crippen LogP contribution in [0.25, 0.3) is 5.69 Å². The van der Waals surface area contributed by atoms with Gasteiger partial charge in [-0.15, -0.1) is 0 Å². The Morgan fingerprint density at radius 1 is 1.00 bits per heavy atom. The first-order valence-electron chi connectivity index (χ1n) is 11.5. The summed E-state index contributed by atoms with van der Waals surface area (Å²) in [4.78, 5) is 3.94. The molecule has 2 aliphatic heterocycles. The zero-order chi connectivity index (χ0) is 25.1. The second kappa shape index (κ2) is 8.31. The normalized spacial score (nSPS) is 22.4. The van der Waals surface area contributed by atoms with E-state index in [9.17, 15) is 21.6 Å². The Balaban J connectivity index is 1.33. The summed E-state index contributed by atoms with van der Waals surface area (Å²) in [6, 6.07) is 11.1. The summed E-state index contributed by atoms with van der Waals surface area (Å²) in [7, 11) is -4.03. The predicted molar refractivity (Wildman–Crippen MR) is 125 cm³/mol. The smallest absolute Gasteiger partial charge is 0.306 e. The minimum atomic E-state index is -4.53. The number of benzene rings is 2. The van der Waals surface area contributed by atoms with Gasteiger partial charge in [-0.05, 0) is 60.7 Å². The lowest BCUT2D eigenvalue weighted by Crippen LogP contribution is -2.51. The van der Waals surface area contributed by atoms with Crippen LogP contribution in [0.4, 0.5) is 13.2 Å². The zero-order valence-electron chi connectivity index (χ0n) is 18.9. The maximum atomic E-state index is 13.7. The molecule has 186 valence electrons. The fourth-order valence-electron chi connectivity index (χ4n) is 5.51. The fraction of sp³-hybridized carbons (Fsp3) is 0.280. The van der Waals surface area contributed by atoms with Crippen molar-refractivity contribution in [1.29, 1.82) is 0 Å². The summed E-state index contributed by atoms with van der Waals surface area (Å²) in [6.07, 6.45) is 4.05. The quantitative estimate of drug-likeness (QED) is 0.423. The number of nitrogens with one attached hydrogen (secondary N) is 1. The molecule has 0 spiro atoms. The molecular formula is C25H22F3N5O2S. The van der Waals surface area contributed by atoms with Gasteiger partial charge < -0.3 is 4.57 Å². The third-order valence-electron chi connectivity index (χ3n) is 7.21. The summed E-state index contributed by atoms with van der Waals surface area (Å²) in [6.45, 7) is 0. The molecule has 2 bridgehead atoms. The largest absolute Gasteiger partial charge is 0.416 e. The molecule has 6 rings (SSSR count). The van der Waals surface area contributed by atoms with Gasteiger partial charge in [0.1, 0.15) is 0 Å². The lowest BCUT2D eigenvalue weighted by molar-refractivity contribution is -0.137. The first-order valence-corrected chi connectivity index (χ1v) is 13.0. The lowest BCUT2D eigenvalue weighted by Gasteiger charge is -2.47. The topological polar surface area (TPSA) is 83.9 Å². The molecule has 2 aliphatic rings. The van der Waals surface area contributed by atoms with Crippen LogP contribution in [0.3, 0.4) is 0 Å². The number of sulfonamides is 1. The van der Waals surface area contributed by atoms with Gasteiger partial charge in [-0.2, -0.15) is 22.6 Å². The molecule has 2 aromatic carbocycles. The molecule has 3 unspecified atom stereocenters. The number of aromatic nitrogens is 4. The van der Waals surface area contributed by atoms with Crippen LogP contribution in [-0.4, -0.2) is 38.5 Å². The van der Waals surface area contributed by atoms with Crippen LogP contribution in [-0.2, 0) is 22.6 Å². The van der Waals surface area contributed by atoms with Crippen molar-refractivity contribution in [1.82, 2.24) is 24.1 Å². The van der Waals surface area contributed by atoms with Crippen LogP contribution in [0, 0.1) is 0 Å². The summed E-state index contributed by atoms with van der Waals surface area (Å²) >= 11 is 0. The first-order chi connectivity index (χ1) is 17.2. The standard InChI is InChI=1S/C25H22F3N5O2S/c26-25(27,28)18-3-7-21(8-4-18)36(34,35)33-20-11-17(12-24(33)22-14-30-31-23(22)13-20)16-1-5-19(6-2-16)32-10-9-29-15-32/h1-10,14-15,17,20,24H,11-13H2,(H,30,31). The number of aromatic amines is 1. The molecule has 2 aromatic heterocycles. The second-order valence-corrected chi connectivity index (χ2v) is 11.1. The highest BCUT2D eigenvalue weighted by molar-refractivity contribution is 7.89. The average Bonchev–Trinajstić information content (AvgIpc) is 3.55. The van der Waals surface area contributed by atoms with Crippen LogP contribution >= 0.6 is 0 Å². The van der Waals surface area contributed by atoms with E-state index < -0.39 is 27.8 Å². The number of alkyl halides is 3. The van der Waals surface area contributed by atoms with Gasteiger partial charge in [-0.25, -0.2) is 13.4 Å². The van der Waals surface area contributed by atoms with Crippen molar-refractivity contribution in [3.8, 4) is 5.69 Å². The van der Waals surface area contributed by atoms with Gasteiger partial charge in [0.05, 0.1) is 29.0 Å². The Hall–Kier alpha value is -3.44. The molecule has 4 heterocycles. The van der Waals surface area contributed by atoms with Gasteiger partial charge in [0, 0.05) is 41.8 Å². The number of hydrogen-bond donors (Lipinski definition) is 1. The highest BCUT2D eigenvalue weighted by Crippen LogP contribution is 2.49. The third-order valence-corrected chi connectivity index (χ3v) is 9.18. The molecular weight excluding hydrogens is 491 g/mol. The third kappa shape index (κ3) is 3.82. The number of H-pyrrole nitrogens is 1. The van der Waals surface area contributed by atoms with Crippen molar-refractivity contribution in [2.45, 2.75) is 48.3 Å². The Kier molecular flexibility index (Phi) is 5.31. The van der Waals surface area contributed by atoms with Gasteiger partial charge in [0.2, 0.25) is 10.0 Å². The van der Waals surface area contributed by atoms with Crippen LogP contribution in [0.15, 0.2) is 78.3 Å². The van der Waals surface area contributed by atoms with Crippen molar-refractivity contribution in [3.63, 3.8) is 0 Å². The Morgan fingerprint density at radius 3 is 2.42 bits per heavy atom. The number of halogens is 3. The Bertz CT molecular complexity index is 1480. The molecule has 7 nitrogen and oxygen atoms in total. The van der Waals surface area contributed by atoms with Gasteiger partial charge >= 0.3 is 6.18 Å². The first kappa shape index (κ1) is 23.0. The van der Waals surface area contributed by atoms with Crippen molar-refractivity contribution >= 4 is 10.0 Å². The number of rotatable bonds is 4. The summed E-state index contributed by atoms with van der Waals surface area (Å²) in [5.74, 6) is 0.124. The monoisotopic (exact) mass is 513 g/mol. The maximum Gasteiger partial charge on any atom is 0.416 e. The number of nitrogens with zero attached hydrogens (tertiary/aromatic N) is 4. The van der Waals surface area contributed by atoms with E-state index in [0.29, 0.717) is 19.3 Å². The molecule has 1 saturated heterocycles. The van der Waals surface area contributed by atoms with Crippen molar-refractivity contribution in [2.24, 2.45) is 0 Å². The molecule has 1 fully saturated rings.